The Morgan fingerprint density at radius 1 is 1.33 bits per heavy atom. The summed E-state index contributed by atoms with van der Waals surface area (Å²) in [6.45, 7) is 3.77. The van der Waals surface area contributed by atoms with Gasteiger partial charge in [-0.15, -0.1) is 0 Å². The van der Waals surface area contributed by atoms with Crippen LogP contribution in [0, 0.1) is 0 Å². The Balaban J connectivity index is 2.13. The first kappa shape index (κ1) is 13.8. The number of benzene rings is 1. The van der Waals surface area contributed by atoms with Crippen LogP contribution >= 0.6 is 31.9 Å². The van der Waals surface area contributed by atoms with Crippen LogP contribution in [0.25, 0.3) is 11.3 Å². The number of aromatic nitrogens is 1. The Labute approximate surface area is 123 Å². The monoisotopic (exact) mass is 372 g/mol. The van der Waals surface area contributed by atoms with Crippen LogP contribution in [0.1, 0.15) is 19.2 Å². The van der Waals surface area contributed by atoms with E-state index in [-0.39, 0.29) is 0 Å². The Bertz CT molecular complexity index is 525. The van der Waals surface area contributed by atoms with Gasteiger partial charge in [0.1, 0.15) is 0 Å². The van der Waals surface area contributed by atoms with Gasteiger partial charge in [0.05, 0.1) is 12.7 Å². The third-order valence-electron chi connectivity index (χ3n) is 2.45. The molecule has 0 aliphatic carbocycles. The van der Waals surface area contributed by atoms with Gasteiger partial charge in [0, 0.05) is 14.5 Å². The number of halogens is 2. The molecule has 0 bridgehead atoms. The summed E-state index contributed by atoms with van der Waals surface area (Å²) in [5.74, 6) is 1.50. The zero-order valence-corrected chi connectivity index (χ0v) is 13.2. The van der Waals surface area contributed by atoms with Crippen molar-refractivity contribution in [3.63, 3.8) is 0 Å². The van der Waals surface area contributed by atoms with Crippen molar-refractivity contribution in [2.45, 2.75) is 19.9 Å². The molecule has 1 aromatic carbocycles. The topological polar surface area (TPSA) is 38.1 Å². The van der Waals surface area contributed by atoms with Crippen LogP contribution in [0.2, 0.25) is 0 Å². The van der Waals surface area contributed by atoms with Crippen molar-refractivity contribution in [1.82, 2.24) is 10.3 Å². The van der Waals surface area contributed by atoms with E-state index in [2.05, 4.69) is 49.1 Å². The molecule has 0 unspecified atom stereocenters. The molecule has 0 saturated heterocycles. The van der Waals surface area contributed by atoms with Crippen LogP contribution in [0.4, 0.5) is 0 Å². The first-order chi connectivity index (χ1) is 8.70. The van der Waals surface area contributed by atoms with Crippen molar-refractivity contribution < 1.29 is 4.42 Å². The highest BCUT2D eigenvalue weighted by Gasteiger charge is 2.09. The third kappa shape index (κ3) is 3.43. The van der Waals surface area contributed by atoms with Gasteiger partial charge in [0.15, 0.2) is 5.76 Å². The fraction of sp³-hybridized carbons (Fsp3) is 0.308. The SMILES string of the molecule is CCCNCc1ncc(-c2ccc(Br)cc2Br)o1. The summed E-state index contributed by atoms with van der Waals surface area (Å²) < 4.78 is 7.74. The molecule has 5 heteroatoms. The number of rotatable bonds is 5. The Kier molecular flexibility index (Phi) is 4.97. The van der Waals surface area contributed by atoms with Crippen molar-refractivity contribution in [2.75, 3.05) is 6.54 Å². The zero-order valence-electron chi connectivity index (χ0n) is 10.0. The quantitative estimate of drug-likeness (QED) is 0.791. The largest absolute Gasteiger partial charge is 0.439 e. The molecule has 0 atom stereocenters. The molecule has 96 valence electrons. The van der Waals surface area contributed by atoms with Gasteiger partial charge >= 0.3 is 0 Å². The summed E-state index contributed by atoms with van der Waals surface area (Å²) in [5.41, 5.74) is 1.01. The molecule has 1 heterocycles. The molecule has 0 saturated carbocycles. The average Bonchev–Trinajstić information content (AvgIpc) is 2.78. The lowest BCUT2D eigenvalue weighted by molar-refractivity contribution is 0.477. The maximum absolute atomic E-state index is 5.72. The van der Waals surface area contributed by atoms with Gasteiger partial charge in [-0.25, -0.2) is 4.98 Å². The lowest BCUT2D eigenvalue weighted by atomic mass is 10.2. The number of hydrogen-bond donors (Lipinski definition) is 1. The van der Waals surface area contributed by atoms with Gasteiger partial charge < -0.3 is 9.73 Å². The maximum Gasteiger partial charge on any atom is 0.208 e. The minimum absolute atomic E-state index is 0.669. The van der Waals surface area contributed by atoms with Gasteiger partial charge in [0.25, 0.3) is 0 Å². The van der Waals surface area contributed by atoms with Crippen molar-refractivity contribution >= 4 is 31.9 Å². The summed E-state index contributed by atoms with van der Waals surface area (Å²) in [7, 11) is 0. The smallest absolute Gasteiger partial charge is 0.208 e. The summed E-state index contributed by atoms with van der Waals surface area (Å²) in [6, 6.07) is 5.97. The van der Waals surface area contributed by atoms with Crippen molar-refractivity contribution in [3.05, 3.63) is 39.2 Å². The van der Waals surface area contributed by atoms with Crippen LogP contribution in [0.5, 0.6) is 0 Å². The molecule has 0 amide bonds. The predicted molar refractivity (Wildman–Crippen MR) is 79.3 cm³/mol. The van der Waals surface area contributed by atoms with E-state index in [9.17, 15) is 0 Å². The van der Waals surface area contributed by atoms with Gasteiger partial charge in [-0.2, -0.15) is 0 Å². The van der Waals surface area contributed by atoms with Crippen LogP contribution < -0.4 is 5.32 Å². The Morgan fingerprint density at radius 2 is 2.17 bits per heavy atom. The highest BCUT2D eigenvalue weighted by molar-refractivity contribution is 9.11. The first-order valence-electron chi connectivity index (χ1n) is 5.81. The summed E-state index contributed by atoms with van der Waals surface area (Å²) in [6.07, 6.45) is 2.86. The van der Waals surface area contributed by atoms with Crippen molar-refractivity contribution in [1.29, 1.82) is 0 Å². The van der Waals surface area contributed by atoms with E-state index in [1.54, 1.807) is 6.20 Å². The zero-order chi connectivity index (χ0) is 13.0. The Hall–Kier alpha value is -0.650. The highest BCUT2D eigenvalue weighted by Crippen LogP contribution is 2.31. The molecule has 0 radical (unpaired) electrons. The molecule has 3 nitrogen and oxygen atoms in total. The maximum atomic E-state index is 5.72. The minimum Gasteiger partial charge on any atom is -0.439 e. The van der Waals surface area contributed by atoms with Crippen LogP contribution in [-0.4, -0.2) is 11.5 Å². The van der Waals surface area contributed by atoms with Crippen LogP contribution in [-0.2, 0) is 6.54 Å². The lowest BCUT2D eigenvalue weighted by Gasteiger charge is -2.01. The van der Waals surface area contributed by atoms with Crippen molar-refractivity contribution in [3.8, 4) is 11.3 Å². The molecule has 1 N–H and O–H groups in total. The van der Waals surface area contributed by atoms with E-state index in [4.69, 9.17) is 4.42 Å². The average molecular weight is 374 g/mol. The highest BCUT2D eigenvalue weighted by atomic mass is 79.9. The molecular formula is C13H14Br2N2O. The molecule has 1 aromatic heterocycles. The van der Waals surface area contributed by atoms with E-state index >= 15 is 0 Å². The lowest BCUT2D eigenvalue weighted by Crippen LogP contribution is -2.13. The molecule has 2 rings (SSSR count). The second kappa shape index (κ2) is 6.50. The predicted octanol–water partition coefficient (Wildman–Crippen LogP) is 4.37. The molecule has 0 aliphatic rings. The summed E-state index contributed by atoms with van der Waals surface area (Å²) in [4.78, 5) is 4.27. The summed E-state index contributed by atoms with van der Waals surface area (Å²) in [5, 5.41) is 3.26. The molecule has 0 aliphatic heterocycles. The van der Waals surface area contributed by atoms with Gasteiger partial charge in [0.2, 0.25) is 5.89 Å². The normalized spacial score (nSPS) is 10.8. The van der Waals surface area contributed by atoms with Crippen molar-refractivity contribution in [2.24, 2.45) is 0 Å². The summed E-state index contributed by atoms with van der Waals surface area (Å²) >= 11 is 6.95. The van der Waals surface area contributed by atoms with E-state index in [0.29, 0.717) is 12.4 Å². The molecular weight excluding hydrogens is 360 g/mol. The minimum atomic E-state index is 0.669. The number of nitrogens with zero attached hydrogens (tertiary/aromatic N) is 1. The second-order valence-corrected chi connectivity index (χ2v) is 5.69. The first-order valence-corrected chi connectivity index (χ1v) is 7.40. The molecule has 0 fully saturated rings. The third-order valence-corrected chi connectivity index (χ3v) is 3.60. The van der Waals surface area contributed by atoms with Crippen LogP contribution in [0.3, 0.4) is 0 Å². The standard InChI is InChI=1S/C13H14Br2N2O/c1-2-5-16-8-13-17-7-12(18-13)10-4-3-9(14)6-11(10)15/h3-4,6-7,16H,2,5,8H2,1H3. The molecule has 18 heavy (non-hydrogen) atoms. The van der Waals surface area contributed by atoms with Gasteiger partial charge in [-0.3, -0.25) is 0 Å². The second-order valence-electron chi connectivity index (χ2n) is 3.92. The molecule has 0 spiro atoms. The van der Waals surface area contributed by atoms with E-state index < -0.39 is 0 Å². The number of oxazole rings is 1. The molecule has 2 aromatic rings. The fourth-order valence-corrected chi connectivity index (χ4v) is 2.82. The fourth-order valence-electron chi connectivity index (χ4n) is 1.58. The van der Waals surface area contributed by atoms with Gasteiger partial charge in [-0.1, -0.05) is 22.9 Å². The van der Waals surface area contributed by atoms with E-state index in [0.717, 1.165) is 33.2 Å². The Morgan fingerprint density at radius 3 is 2.89 bits per heavy atom. The van der Waals surface area contributed by atoms with E-state index in [1.807, 2.05) is 18.2 Å². The van der Waals surface area contributed by atoms with Gasteiger partial charge in [-0.05, 0) is 47.1 Å². The number of nitrogens with one attached hydrogen (secondary N) is 1. The number of hydrogen-bond acceptors (Lipinski definition) is 3. The van der Waals surface area contributed by atoms with E-state index in [1.165, 1.54) is 0 Å². The van der Waals surface area contributed by atoms with Crippen LogP contribution in [0.15, 0.2) is 37.8 Å².